The smallest absolute Gasteiger partial charge is 0.0972 e. The molecule has 0 fully saturated rings. The van der Waals surface area contributed by atoms with Crippen molar-refractivity contribution in [1.29, 1.82) is 0 Å². The van der Waals surface area contributed by atoms with Gasteiger partial charge in [-0.1, -0.05) is 60.7 Å². The van der Waals surface area contributed by atoms with Crippen LogP contribution < -0.4 is 0 Å². The predicted octanol–water partition coefficient (Wildman–Crippen LogP) is 6.76. The number of hydrogen-bond acceptors (Lipinski definition) is 2. The average molecular weight is 356 g/mol. The number of pyridine rings is 2. The molecule has 0 spiro atoms. The Morgan fingerprint density at radius 3 is 1.96 bits per heavy atom. The summed E-state index contributed by atoms with van der Waals surface area (Å²) in [5.74, 6) is 0. The monoisotopic (exact) mass is 356 g/mol. The van der Waals surface area contributed by atoms with Crippen LogP contribution in [0.4, 0.5) is 0 Å². The summed E-state index contributed by atoms with van der Waals surface area (Å²) in [5.41, 5.74) is 4.00. The molecule has 0 bridgehead atoms. The fourth-order valence-corrected chi connectivity index (χ4v) is 3.98. The third-order valence-electron chi connectivity index (χ3n) is 5.43. The van der Waals surface area contributed by atoms with Crippen LogP contribution in [0.1, 0.15) is 0 Å². The summed E-state index contributed by atoms with van der Waals surface area (Å²) in [4.78, 5) is 9.55. The van der Waals surface area contributed by atoms with Crippen molar-refractivity contribution in [2.24, 2.45) is 0 Å². The molecule has 0 saturated heterocycles. The van der Waals surface area contributed by atoms with E-state index in [9.17, 15) is 0 Å². The van der Waals surface area contributed by atoms with Gasteiger partial charge in [0, 0.05) is 22.5 Å². The molecule has 2 nitrogen and oxygen atoms in total. The summed E-state index contributed by atoms with van der Waals surface area (Å²) in [6, 6.07) is 32.1. The van der Waals surface area contributed by atoms with Crippen LogP contribution in [0.3, 0.4) is 0 Å². The van der Waals surface area contributed by atoms with Gasteiger partial charge in [0.15, 0.2) is 0 Å². The quantitative estimate of drug-likeness (QED) is 0.240. The Morgan fingerprint density at radius 2 is 1.11 bits per heavy atom. The summed E-state index contributed by atoms with van der Waals surface area (Å²) in [6.45, 7) is 0. The molecule has 0 aliphatic carbocycles. The van der Waals surface area contributed by atoms with Crippen LogP contribution in [0, 0.1) is 0 Å². The zero-order valence-corrected chi connectivity index (χ0v) is 15.1. The fraction of sp³-hybridized carbons (Fsp3) is 0. The van der Waals surface area contributed by atoms with Gasteiger partial charge >= 0.3 is 0 Å². The van der Waals surface area contributed by atoms with Crippen LogP contribution in [-0.4, -0.2) is 9.97 Å². The zero-order valence-electron chi connectivity index (χ0n) is 15.1. The summed E-state index contributed by atoms with van der Waals surface area (Å²) in [7, 11) is 0. The molecular weight excluding hydrogens is 340 g/mol. The normalized spacial score (nSPS) is 11.6. The van der Waals surface area contributed by atoms with E-state index in [1.165, 1.54) is 21.5 Å². The van der Waals surface area contributed by atoms with E-state index in [2.05, 4.69) is 89.9 Å². The molecule has 2 aromatic heterocycles. The molecule has 0 aliphatic heterocycles. The molecule has 0 N–H and O–H groups in total. The largest absolute Gasteiger partial charge is 0.254 e. The number of benzene rings is 4. The number of nitrogens with zero attached hydrogens (tertiary/aromatic N) is 2. The van der Waals surface area contributed by atoms with Crippen LogP contribution in [0.15, 0.2) is 97.2 Å². The first-order valence-electron chi connectivity index (χ1n) is 9.43. The maximum Gasteiger partial charge on any atom is 0.0972 e. The first-order chi connectivity index (χ1) is 13.8. The first-order valence-corrected chi connectivity index (χ1v) is 9.43. The Hall–Kier alpha value is -3.78. The van der Waals surface area contributed by atoms with Gasteiger partial charge in [-0.3, -0.25) is 4.98 Å². The minimum absolute atomic E-state index is 0.952. The SMILES string of the molecule is c1ccc2cc3cc(-c4ccc5ccc6cccnc6c5n4)ccc3cc2c1. The maximum atomic E-state index is 4.98. The van der Waals surface area contributed by atoms with Crippen LogP contribution in [0.5, 0.6) is 0 Å². The Kier molecular flexibility index (Phi) is 3.20. The first kappa shape index (κ1) is 15.3. The summed E-state index contributed by atoms with van der Waals surface area (Å²) < 4.78 is 0. The number of rotatable bonds is 1. The van der Waals surface area contributed by atoms with E-state index in [1.807, 2.05) is 12.3 Å². The molecule has 28 heavy (non-hydrogen) atoms. The topological polar surface area (TPSA) is 25.8 Å². The van der Waals surface area contributed by atoms with Crippen LogP contribution >= 0.6 is 0 Å². The summed E-state index contributed by atoms with van der Waals surface area (Å²) in [5, 5.41) is 7.23. The second-order valence-electron chi connectivity index (χ2n) is 7.17. The highest BCUT2D eigenvalue weighted by molar-refractivity contribution is 6.04. The lowest BCUT2D eigenvalue weighted by molar-refractivity contribution is 1.37. The van der Waals surface area contributed by atoms with Gasteiger partial charge < -0.3 is 0 Å². The second-order valence-corrected chi connectivity index (χ2v) is 7.17. The van der Waals surface area contributed by atoms with E-state index in [0.29, 0.717) is 0 Å². The molecular formula is C26H16N2. The molecule has 130 valence electrons. The molecule has 0 unspecified atom stereocenters. The highest BCUT2D eigenvalue weighted by Gasteiger charge is 2.07. The van der Waals surface area contributed by atoms with Crippen molar-refractivity contribution in [2.75, 3.05) is 0 Å². The minimum Gasteiger partial charge on any atom is -0.254 e. The van der Waals surface area contributed by atoms with Crippen molar-refractivity contribution in [3.05, 3.63) is 97.2 Å². The molecule has 6 rings (SSSR count). The minimum atomic E-state index is 0.952. The van der Waals surface area contributed by atoms with Gasteiger partial charge in [0.05, 0.1) is 16.7 Å². The van der Waals surface area contributed by atoms with E-state index < -0.39 is 0 Å². The zero-order chi connectivity index (χ0) is 18.5. The van der Waals surface area contributed by atoms with Gasteiger partial charge in [-0.2, -0.15) is 0 Å². The van der Waals surface area contributed by atoms with Gasteiger partial charge in [-0.25, -0.2) is 4.98 Å². The second kappa shape index (κ2) is 5.86. The fourth-order valence-electron chi connectivity index (χ4n) is 3.98. The summed E-state index contributed by atoms with van der Waals surface area (Å²) in [6.07, 6.45) is 1.83. The van der Waals surface area contributed by atoms with Crippen molar-refractivity contribution >= 4 is 43.4 Å². The van der Waals surface area contributed by atoms with Crippen molar-refractivity contribution in [2.45, 2.75) is 0 Å². The molecule has 4 aromatic carbocycles. The van der Waals surface area contributed by atoms with Crippen LogP contribution in [0.2, 0.25) is 0 Å². The standard InChI is InChI=1S/C26H16N2/c1-2-5-20-15-23-16-22(10-9-21(23)14-19(20)4-1)24-12-11-18-8-7-17-6-3-13-27-25(17)26(18)28-24/h1-16H. The Bertz CT molecular complexity index is 1520. The molecule has 0 saturated carbocycles. The van der Waals surface area contributed by atoms with Crippen molar-refractivity contribution in [1.82, 2.24) is 9.97 Å². The van der Waals surface area contributed by atoms with Gasteiger partial charge in [0.25, 0.3) is 0 Å². The highest BCUT2D eigenvalue weighted by atomic mass is 14.7. The molecule has 0 atom stereocenters. The summed E-state index contributed by atoms with van der Waals surface area (Å²) >= 11 is 0. The molecule has 0 radical (unpaired) electrons. The van der Waals surface area contributed by atoms with E-state index >= 15 is 0 Å². The van der Waals surface area contributed by atoms with Crippen molar-refractivity contribution in [3.63, 3.8) is 0 Å². The molecule has 0 aliphatic rings. The van der Waals surface area contributed by atoms with Crippen molar-refractivity contribution < 1.29 is 0 Å². The van der Waals surface area contributed by atoms with Crippen molar-refractivity contribution in [3.8, 4) is 11.3 Å². The number of fused-ring (bicyclic) bond motifs is 5. The predicted molar refractivity (Wildman–Crippen MR) is 117 cm³/mol. The number of hydrogen-bond donors (Lipinski definition) is 0. The van der Waals surface area contributed by atoms with E-state index in [4.69, 9.17) is 4.98 Å². The van der Waals surface area contributed by atoms with Gasteiger partial charge in [0.1, 0.15) is 0 Å². The van der Waals surface area contributed by atoms with E-state index in [-0.39, 0.29) is 0 Å². The van der Waals surface area contributed by atoms with E-state index in [0.717, 1.165) is 33.1 Å². The van der Waals surface area contributed by atoms with Gasteiger partial charge in [0.2, 0.25) is 0 Å². The van der Waals surface area contributed by atoms with Crippen LogP contribution in [0.25, 0.3) is 54.6 Å². The third kappa shape index (κ3) is 2.35. The lowest BCUT2D eigenvalue weighted by Gasteiger charge is -2.08. The van der Waals surface area contributed by atoms with E-state index in [1.54, 1.807) is 0 Å². The molecule has 2 heteroatoms. The Labute approximate surface area is 162 Å². The highest BCUT2D eigenvalue weighted by Crippen LogP contribution is 2.29. The average Bonchev–Trinajstić information content (AvgIpc) is 2.77. The lowest BCUT2D eigenvalue weighted by atomic mass is 10.00. The van der Waals surface area contributed by atoms with Crippen LogP contribution in [-0.2, 0) is 0 Å². The molecule has 6 aromatic rings. The lowest BCUT2D eigenvalue weighted by Crippen LogP contribution is -1.89. The number of aromatic nitrogens is 2. The third-order valence-corrected chi connectivity index (χ3v) is 5.43. The maximum absolute atomic E-state index is 4.98. The van der Waals surface area contributed by atoms with Gasteiger partial charge in [-0.05, 0) is 51.9 Å². The molecule has 2 heterocycles. The van der Waals surface area contributed by atoms with Gasteiger partial charge in [-0.15, -0.1) is 0 Å². The molecule has 0 amide bonds. The Morgan fingerprint density at radius 1 is 0.464 bits per heavy atom. The Balaban J connectivity index is 1.58.